The maximum atomic E-state index is 13.4. The SMILES string of the molecule is COc1ccc(NC(=O)c2cccc(I)c2)cc1NC(=O)c1cccc(F)c1. The van der Waals surface area contributed by atoms with E-state index in [0.29, 0.717) is 22.7 Å². The minimum atomic E-state index is -0.502. The van der Waals surface area contributed by atoms with Crippen LogP contribution in [0.25, 0.3) is 0 Å². The number of hydrogen-bond acceptors (Lipinski definition) is 3. The molecular formula is C21H16FIN2O3. The fourth-order valence-corrected chi connectivity index (χ4v) is 3.08. The fraction of sp³-hybridized carbons (Fsp3) is 0.0476. The van der Waals surface area contributed by atoms with Gasteiger partial charge in [-0.15, -0.1) is 0 Å². The molecule has 0 saturated heterocycles. The molecule has 0 atom stereocenters. The Balaban J connectivity index is 1.81. The Hall–Kier alpha value is -2.94. The maximum Gasteiger partial charge on any atom is 0.255 e. The highest BCUT2D eigenvalue weighted by Crippen LogP contribution is 2.28. The topological polar surface area (TPSA) is 67.4 Å². The molecule has 3 aromatic rings. The van der Waals surface area contributed by atoms with Crippen molar-refractivity contribution in [2.24, 2.45) is 0 Å². The third-order valence-corrected chi connectivity index (χ3v) is 4.55. The van der Waals surface area contributed by atoms with E-state index in [4.69, 9.17) is 4.74 Å². The molecule has 0 aliphatic heterocycles. The van der Waals surface area contributed by atoms with Crippen LogP contribution in [0.1, 0.15) is 20.7 Å². The van der Waals surface area contributed by atoms with Gasteiger partial charge in [-0.3, -0.25) is 9.59 Å². The summed E-state index contributed by atoms with van der Waals surface area (Å²) in [7, 11) is 1.47. The minimum Gasteiger partial charge on any atom is -0.495 e. The van der Waals surface area contributed by atoms with Crippen LogP contribution < -0.4 is 15.4 Å². The van der Waals surface area contributed by atoms with Gasteiger partial charge in [0.25, 0.3) is 11.8 Å². The van der Waals surface area contributed by atoms with E-state index in [0.717, 1.165) is 9.64 Å². The van der Waals surface area contributed by atoms with Crippen molar-refractivity contribution in [2.75, 3.05) is 17.7 Å². The molecule has 0 aromatic heterocycles. The van der Waals surface area contributed by atoms with Gasteiger partial charge in [-0.1, -0.05) is 12.1 Å². The van der Waals surface area contributed by atoms with Crippen LogP contribution in [0.15, 0.2) is 66.7 Å². The van der Waals surface area contributed by atoms with Crippen LogP contribution in [0.5, 0.6) is 5.75 Å². The molecule has 0 spiro atoms. The number of carbonyl (C=O) groups is 2. The summed E-state index contributed by atoms with van der Waals surface area (Å²) in [5.74, 6) is -0.847. The molecule has 2 amide bonds. The van der Waals surface area contributed by atoms with Gasteiger partial charge in [-0.25, -0.2) is 4.39 Å². The molecule has 3 rings (SSSR count). The average molecular weight is 490 g/mol. The van der Waals surface area contributed by atoms with Crippen molar-refractivity contribution in [2.45, 2.75) is 0 Å². The Morgan fingerprint density at radius 1 is 0.893 bits per heavy atom. The van der Waals surface area contributed by atoms with Gasteiger partial charge in [0.2, 0.25) is 0 Å². The summed E-state index contributed by atoms with van der Waals surface area (Å²) in [5.41, 5.74) is 1.54. The van der Waals surface area contributed by atoms with Crippen LogP contribution in [0.4, 0.5) is 15.8 Å². The molecule has 0 fully saturated rings. The highest BCUT2D eigenvalue weighted by atomic mass is 127. The Kier molecular flexibility index (Phi) is 6.25. The number of methoxy groups -OCH3 is 1. The average Bonchev–Trinajstić information content (AvgIpc) is 2.68. The normalized spacial score (nSPS) is 10.2. The molecule has 3 aromatic carbocycles. The summed E-state index contributed by atoms with van der Waals surface area (Å²) in [4.78, 5) is 24.8. The third kappa shape index (κ3) is 4.86. The second kappa shape index (κ2) is 8.83. The molecule has 2 N–H and O–H groups in total. The van der Waals surface area contributed by atoms with Gasteiger partial charge in [-0.05, 0) is 77.2 Å². The quantitative estimate of drug-likeness (QED) is 0.498. The number of amides is 2. The zero-order valence-electron chi connectivity index (χ0n) is 14.8. The molecule has 0 aliphatic rings. The van der Waals surface area contributed by atoms with Crippen molar-refractivity contribution in [1.82, 2.24) is 0 Å². The summed E-state index contributed by atoms with van der Waals surface area (Å²) in [6.07, 6.45) is 0. The van der Waals surface area contributed by atoms with Crippen molar-refractivity contribution in [1.29, 1.82) is 0 Å². The zero-order chi connectivity index (χ0) is 20.1. The van der Waals surface area contributed by atoms with E-state index in [1.165, 1.54) is 25.3 Å². The molecule has 5 nitrogen and oxygen atoms in total. The van der Waals surface area contributed by atoms with Gasteiger partial charge in [0, 0.05) is 20.4 Å². The molecule has 0 radical (unpaired) electrons. The number of hydrogen-bond donors (Lipinski definition) is 2. The first kappa shape index (κ1) is 19.8. The maximum absolute atomic E-state index is 13.4. The smallest absolute Gasteiger partial charge is 0.255 e. The van der Waals surface area contributed by atoms with Crippen molar-refractivity contribution in [3.63, 3.8) is 0 Å². The highest BCUT2D eigenvalue weighted by molar-refractivity contribution is 14.1. The van der Waals surface area contributed by atoms with Crippen LogP contribution in [-0.2, 0) is 0 Å². The Morgan fingerprint density at radius 2 is 1.57 bits per heavy atom. The highest BCUT2D eigenvalue weighted by Gasteiger charge is 2.13. The molecule has 0 heterocycles. The minimum absolute atomic E-state index is 0.176. The molecular weight excluding hydrogens is 474 g/mol. The summed E-state index contributed by atoms with van der Waals surface area (Å²) in [6.45, 7) is 0. The van der Waals surface area contributed by atoms with E-state index in [1.807, 2.05) is 6.07 Å². The Labute approximate surface area is 175 Å². The van der Waals surface area contributed by atoms with Crippen molar-refractivity contribution >= 4 is 45.8 Å². The monoisotopic (exact) mass is 490 g/mol. The summed E-state index contributed by atoms with van der Waals surface area (Å²) >= 11 is 2.13. The number of nitrogens with one attached hydrogen (secondary N) is 2. The van der Waals surface area contributed by atoms with E-state index in [-0.39, 0.29) is 11.5 Å². The van der Waals surface area contributed by atoms with Crippen molar-refractivity contribution < 1.29 is 18.7 Å². The van der Waals surface area contributed by atoms with E-state index in [2.05, 4.69) is 33.2 Å². The largest absolute Gasteiger partial charge is 0.495 e. The van der Waals surface area contributed by atoms with Gasteiger partial charge in [0.1, 0.15) is 11.6 Å². The predicted molar refractivity (Wildman–Crippen MR) is 114 cm³/mol. The lowest BCUT2D eigenvalue weighted by atomic mass is 10.2. The molecule has 0 unspecified atom stereocenters. The van der Waals surface area contributed by atoms with Crippen LogP contribution in [0.2, 0.25) is 0 Å². The number of anilines is 2. The Morgan fingerprint density at radius 3 is 2.25 bits per heavy atom. The standard InChI is InChI=1S/C21H16FIN2O3/c1-28-19-9-8-17(24-20(26)14-5-3-7-16(23)11-14)12-18(19)25-21(27)13-4-2-6-15(22)10-13/h2-12H,1H3,(H,24,26)(H,25,27). The Bertz CT molecular complexity index is 1040. The van der Waals surface area contributed by atoms with Gasteiger partial charge < -0.3 is 15.4 Å². The number of rotatable bonds is 5. The van der Waals surface area contributed by atoms with Gasteiger partial charge >= 0.3 is 0 Å². The van der Waals surface area contributed by atoms with Crippen LogP contribution in [0, 0.1) is 9.39 Å². The van der Waals surface area contributed by atoms with E-state index < -0.39 is 11.7 Å². The van der Waals surface area contributed by atoms with E-state index >= 15 is 0 Å². The second-order valence-corrected chi connectivity index (χ2v) is 7.09. The third-order valence-electron chi connectivity index (χ3n) is 3.88. The van der Waals surface area contributed by atoms with Crippen LogP contribution in [-0.4, -0.2) is 18.9 Å². The first-order valence-corrected chi connectivity index (χ1v) is 9.36. The lowest BCUT2D eigenvalue weighted by Crippen LogP contribution is -2.15. The molecule has 7 heteroatoms. The molecule has 28 heavy (non-hydrogen) atoms. The first-order chi connectivity index (χ1) is 13.5. The number of carbonyl (C=O) groups excluding carboxylic acids is 2. The molecule has 0 saturated carbocycles. The van der Waals surface area contributed by atoms with Crippen molar-refractivity contribution in [3.8, 4) is 5.75 Å². The number of halogens is 2. The first-order valence-electron chi connectivity index (χ1n) is 8.28. The lowest BCUT2D eigenvalue weighted by molar-refractivity contribution is 0.101. The van der Waals surface area contributed by atoms with E-state index in [9.17, 15) is 14.0 Å². The van der Waals surface area contributed by atoms with Gasteiger partial charge in [0.15, 0.2) is 0 Å². The summed E-state index contributed by atoms with van der Waals surface area (Å²) < 4.78 is 19.6. The van der Waals surface area contributed by atoms with Crippen LogP contribution >= 0.6 is 22.6 Å². The summed E-state index contributed by atoms with van der Waals surface area (Å²) in [6, 6.07) is 17.4. The fourth-order valence-electron chi connectivity index (χ4n) is 2.54. The van der Waals surface area contributed by atoms with Crippen LogP contribution in [0.3, 0.4) is 0 Å². The molecule has 0 aliphatic carbocycles. The molecule has 0 bridgehead atoms. The summed E-state index contributed by atoms with van der Waals surface area (Å²) in [5, 5.41) is 5.47. The predicted octanol–water partition coefficient (Wildman–Crippen LogP) is 4.94. The number of ether oxygens (including phenoxy) is 1. The van der Waals surface area contributed by atoms with Crippen molar-refractivity contribution in [3.05, 3.63) is 87.2 Å². The van der Waals surface area contributed by atoms with Gasteiger partial charge in [-0.2, -0.15) is 0 Å². The second-order valence-electron chi connectivity index (χ2n) is 5.84. The van der Waals surface area contributed by atoms with Gasteiger partial charge in [0.05, 0.1) is 12.8 Å². The number of benzene rings is 3. The van der Waals surface area contributed by atoms with E-state index in [1.54, 1.807) is 36.4 Å². The zero-order valence-corrected chi connectivity index (χ0v) is 17.0. The lowest BCUT2D eigenvalue weighted by Gasteiger charge is -2.13. The molecule has 142 valence electrons.